The first kappa shape index (κ1) is 18.6. The van der Waals surface area contributed by atoms with Gasteiger partial charge in [0, 0.05) is 34.8 Å². The molecule has 0 atom stereocenters. The second-order valence-corrected chi connectivity index (χ2v) is 7.31. The first-order valence-electron chi connectivity index (χ1n) is 9.37. The van der Waals surface area contributed by atoms with Crippen LogP contribution in [-0.2, 0) is 24.2 Å². The highest BCUT2D eigenvalue weighted by Gasteiger charge is 2.16. The molecule has 5 nitrogen and oxygen atoms in total. The Morgan fingerprint density at radius 1 is 1.11 bits per heavy atom. The molecule has 144 valence electrons. The molecule has 28 heavy (non-hydrogen) atoms. The molecule has 1 N–H and O–H groups in total. The van der Waals surface area contributed by atoms with Crippen LogP contribution in [0.2, 0.25) is 5.02 Å². The van der Waals surface area contributed by atoms with E-state index in [4.69, 9.17) is 11.6 Å². The van der Waals surface area contributed by atoms with Crippen LogP contribution in [0.1, 0.15) is 30.7 Å². The van der Waals surface area contributed by atoms with Gasteiger partial charge in [0.2, 0.25) is 5.91 Å². The molecule has 1 aliphatic rings. The number of hydrogen-bond donors (Lipinski definition) is 1. The summed E-state index contributed by atoms with van der Waals surface area (Å²) in [5.74, 6) is 1.08. The number of halogens is 2. The van der Waals surface area contributed by atoms with E-state index in [9.17, 15) is 9.18 Å². The lowest BCUT2D eigenvalue weighted by Crippen LogP contribution is -2.15. The molecule has 2 aromatic carbocycles. The van der Waals surface area contributed by atoms with Gasteiger partial charge in [0.05, 0.1) is 6.42 Å². The number of fused-ring (bicyclic) bond motifs is 1. The molecule has 4 rings (SSSR count). The lowest BCUT2D eigenvalue weighted by Gasteiger charge is -2.09. The van der Waals surface area contributed by atoms with Gasteiger partial charge in [0.25, 0.3) is 0 Å². The van der Waals surface area contributed by atoms with Gasteiger partial charge in [-0.05, 0) is 49.2 Å². The minimum absolute atomic E-state index is 0.120. The maximum atomic E-state index is 13.8. The average Bonchev–Trinajstić information content (AvgIpc) is 2.94. The molecular formula is C21H20ClFN4O. The molecule has 0 saturated heterocycles. The molecule has 0 radical (unpaired) electrons. The molecule has 1 aromatic heterocycles. The molecule has 3 aromatic rings. The number of nitrogens with one attached hydrogen (secondary N) is 1. The Morgan fingerprint density at radius 2 is 1.93 bits per heavy atom. The predicted molar refractivity (Wildman–Crippen MR) is 107 cm³/mol. The summed E-state index contributed by atoms with van der Waals surface area (Å²) in [5.41, 5.74) is 1.79. The molecule has 7 heteroatoms. The van der Waals surface area contributed by atoms with E-state index in [-0.39, 0.29) is 22.9 Å². The summed E-state index contributed by atoms with van der Waals surface area (Å²) in [6, 6.07) is 11.8. The Balaban J connectivity index is 1.47. The third-order valence-corrected chi connectivity index (χ3v) is 5.29. The van der Waals surface area contributed by atoms with E-state index in [2.05, 4.69) is 20.1 Å². The van der Waals surface area contributed by atoms with Crippen molar-refractivity contribution in [3.8, 4) is 11.4 Å². The van der Waals surface area contributed by atoms with Crippen molar-refractivity contribution < 1.29 is 9.18 Å². The molecule has 1 amide bonds. The number of anilines is 1. The minimum Gasteiger partial charge on any atom is -0.326 e. The SMILES string of the molecule is O=C(Cc1c(F)cccc1Cl)Nc1ccc(-c2nnc3n2CCCCC3)cc1. The van der Waals surface area contributed by atoms with E-state index in [1.165, 1.54) is 18.6 Å². The zero-order valence-electron chi connectivity index (χ0n) is 15.3. The first-order valence-corrected chi connectivity index (χ1v) is 9.75. The van der Waals surface area contributed by atoms with Gasteiger partial charge in [-0.2, -0.15) is 0 Å². The normalized spacial score (nSPS) is 13.6. The number of benzene rings is 2. The number of nitrogens with zero attached hydrogens (tertiary/aromatic N) is 3. The smallest absolute Gasteiger partial charge is 0.228 e. The number of aryl methyl sites for hydroxylation is 1. The fourth-order valence-electron chi connectivity index (χ4n) is 3.47. The number of aromatic nitrogens is 3. The van der Waals surface area contributed by atoms with Crippen molar-refractivity contribution in [2.45, 2.75) is 38.6 Å². The monoisotopic (exact) mass is 398 g/mol. The van der Waals surface area contributed by atoms with Crippen LogP contribution in [0.5, 0.6) is 0 Å². The third-order valence-electron chi connectivity index (χ3n) is 4.94. The Bertz CT molecular complexity index is 980. The highest BCUT2D eigenvalue weighted by Crippen LogP contribution is 2.24. The Labute approximate surface area is 167 Å². The topological polar surface area (TPSA) is 59.8 Å². The van der Waals surface area contributed by atoms with E-state index in [0.29, 0.717) is 5.69 Å². The van der Waals surface area contributed by atoms with Crippen molar-refractivity contribution >= 4 is 23.2 Å². The van der Waals surface area contributed by atoms with Crippen LogP contribution in [0.15, 0.2) is 42.5 Å². The van der Waals surface area contributed by atoms with Crippen LogP contribution in [0.4, 0.5) is 10.1 Å². The lowest BCUT2D eigenvalue weighted by molar-refractivity contribution is -0.115. The van der Waals surface area contributed by atoms with Crippen LogP contribution in [0.25, 0.3) is 11.4 Å². The van der Waals surface area contributed by atoms with Gasteiger partial charge >= 0.3 is 0 Å². The summed E-state index contributed by atoms with van der Waals surface area (Å²) in [6.45, 7) is 0.930. The van der Waals surface area contributed by atoms with E-state index in [1.54, 1.807) is 6.07 Å². The van der Waals surface area contributed by atoms with E-state index < -0.39 is 5.82 Å². The number of amides is 1. The van der Waals surface area contributed by atoms with Crippen molar-refractivity contribution in [3.05, 3.63) is 64.7 Å². The number of carbonyl (C=O) groups excluding carboxylic acids is 1. The van der Waals surface area contributed by atoms with Gasteiger partial charge < -0.3 is 9.88 Å². The van der Waals surface area contributed by atoms with Crippen molar-refractivity contribution in [2.24, 2.45) is 0 Å². The van der Waals surface area contributed by atoms with Crippen molar-refractivity contribution in [1.82, 2.24) is 14.8 Å². The first-order chi connectivity index (χ1) is 13.6. The van der Waals surface area contributed by atoms with Gasteiger partial charge in [-0.15, -0.1) is 10.2 Å². The average molecular weight is 399 g/mol. The minimum atomic E-state index is -0.481. The molecule has 0 fully saturated rings. The number of carbonyl (C=O) groups is 1. The fourth-order valence-corrected chi connectivity index (χ4v) is 3.70. The zero-order chi connectivity index (χ0) is 19.5. The van der Waals surface area contributed by atoms with Crippen molar-refractivity contribution in [3.63, 3.8) is 0 Å². The van der Waals surface area contributed by atoms with Gasteiger partial charge in [-0.3, -0.25) is 4.79 Å². The Kier molecular flexibility index (Phi) is 5.39. The standard InChI is InChI=1S/C21H20ClFN4O/c22-17-5-4-6-18(23)16(17)13-20(28)24-15-10-8-14(9-11-15)21-26-25-19-7-2-1-3-12-27(19)21/h4-6,8-11H,1-3,7,12-13H2,(H,24,28). The van der Waals surface area contributed by atoms with Gasteiger partial charge in [-0.25, -0.2) is 4.39 Å². The van der Waals surface area contributed by atoms with Crippen molar-refractivity contribution in [2.75, 3.05) is 5.32 Å². The van der Waals surface area contributed by atoms with E-state index >= 15 is 0 Å². The zero-order valence-corrected chi connectivity index (χ0v) is 16.0. The van der Waals surface area contributed by atoms with Crippen LogP contribution in [-0.4, -0.2) is 20.7 Å². The highest BCUT2D eigenvalue weighted by atomic mass is 35.5. The van der Waals surface area contributed by atoms with E-state index in [1.807, 2.05) is 24.3 Å². The summed E-state index contributed by atoms with van der Waals surface area (Å²) < 4.78 is 16.0. The Hall–Kier alpha value is -2.73. The molecule has 0 bridgehead atoms. The quantitative estimate of drug-likeness (QED) is 0.696. The molecule has 2 heterocycles. The summed E-state index contributed by atoms with van der Waals surface area (Å²) >= 11 is 5.99. The number of hydrogen-bond acceptors (Lipinski definition) is 3. The molecule has 1 aliphatic heterocycles. The highest BCUT2D eigenvalue weighted by molar-refractivity contribution is 6.31. The second kappa shape index (κ2) is 8.10. The van der Waals surface area contributed by atoms with E-state index in [0.717, 1.165) is 43.0 Å². The number of rotatable bonds is 4. The molecule has 0 spiro atoms. The summed E-state index contributed by atoms with van der Waals surface area (Å²) in [4.78, 5) is 12.3. The second-order valence-electron chi connectivity index (χ2n) is 6.90. The van der Waals surface area contributed by atoms with Crippen LogP contribution in [0, 0.1) is 5.82 Å². The van der Waals surface area contributed by atoms with Crippen LogP contribution >= 0.6 is 11.6 Å². The lowest BCUT2D eigenvalue weighted by atomic mass is 10.1. The molecule has 0 unspecified atom stereocenters. The largest absolute Gasteiger partial charge is 0.326 e. The summed E-state index contributed by atoms with van der Waals surface area (Å²) in [7, 11) is 0. The maximum Gasteiger partial charge on any atom is 0.228 e. The predicted octanol–water partition coefficient (Wildman–Crippen LogP) is 4.65. The molecule has 0 saturated carbocycles. The Morgan fingerprint density at radius 3 is 2.71 bits per heavy atom. The maximum absolute atomic E-state index is 13.8. The fraction of sp³-hybridized carbons (Fsp3) is 0.286. The summed E-state index contributed by atoms with van der Waals surface area (Å²) in [6.07, 6.45) is 4.32. The molecular weight excluding hydrogens is 379 g/mol. The van der Waals surface area contributed by atoms with Gasteiger partial charge in [-0.1, -0.05) is 24.1 Å². The summed E-state index contributed by atoms with van der Waals surface area (Å²) in [5, 5.41) is 11.7. The van der Waals surface area contributed by atoms with Gasteiger partial charge in [0.15, 0.2) is 5.82 Å². The molecule has 0 aliphatic carbocycles. The van der Waals surface area contributed by atoms with Gasteiger partial charge in [0.1, 0.15) is 11.6 Å². The van der Waals surface area contributed by atoms with Crippen LogP contribution < -0.4 is 5.32 Å². The van der Waals surface area contributed by atoms with Crippen LogP contribution in [0.3, 0.4) is 0 Å². The van der Waals surface area contributed by atoms with Crippen molar-refractivity contribution in [1.29, 1.82) is 0 Å². The third kappa shape index (κ3) is 3.92.